The zero-order valence-electron chi connectivity index (χ0n) is 10.0. The molecule has 92 valence electrons. The molecule has 1 atom stereocenters. The molecule has 2 heterocycles. The summed E-state index contributed by atoms with van der Waals surface area (Å²) in [5, 5.41) is 6.47. The highest BCUT2D eigenvalue weighted by molar-refractivity contribution is 5.78. The molecule has 1 amide bonds. The molecule has 2 aliphatic rings. The van der Waals surface area contributed by atoms with Crippen molar-refractivity contribution in [2.24, 2.45) is 0 Å². The van der Waals surface area contributed by atoms with Crippen LogP contribution in [0.2, 0.25) is 0 Å². The average Bonchev–Trinajstić information content (AvgIpc) is 2.52. The van der Waals surface area contributed by atoms with Gasteiger partial charge in [0.25, 0.3) is 0 Å². The summed E-state index contributed by atoms with van der Waals surface area (Å²) in [6.45, 7) is 4.73. The van der Waals surface area contributed by atoms with Crippen molar-refractivity contribution < 1.29 is 4.79 Å². The molecule has 2 fully saturated rings. The van der Waals surface area contributed by atoms with Crippen molar-refractivity contribution in [2.45, 2.75) is 38.1 Å². The van der Waals surface area contributed by atoms with E-state index in [0.717, 1.165) is 26.1 Å². The van der Waals surface area contributed by atoms with E-state index < -0.39 is 0 Å². The molecule has 2 rings (SSSR count). The van der Waals surface area contributed by atoms with Gasteiger partial charge in [-0.15, -0.1) is 0 Å². The van der Waals surface area contributed by atoms with Crippen molar-refractivity contribution in [2.75, 3.05) is 32.7 Å². The molecule has 2 N–H and O–H groups in total. The van der Waals surface area contributed by atoms with E-state index in [1.54, 1.807) is 0 Å². The first-order chi connectivity index (χ1) is 7.84. The minimum absolute atomic E-state index is 0.189. The van der Waals surface area contributed by atoms with Crippen LogP contribution in [0.3, 0.4) is 0 Å². The molecule has 0 spiro atoms. The highest BCUT2D eigenvalue weighted by Crippen LogP contribution is 2.11. The summed E-state index contributed by atoms with van der Waals surface area (Å²) in [6, 6.07) is 0.681. The van der Waals surface area contributed by atoms with Crippen molar-refractivity contribution in [3.8, 4) is 0 Å². The van der Waals surface area contributed by atoms with Gasteiger partial charge in [-0.2, -0.15) is 0 Å². The monoisotopic (exact) mass is 225 g/mol. The van der Waals surface area contributed by atoms with Crippen molar-refractivity contribution in [3.05, 3.63) is 0 Å². The van der Waals surface area contributed by atoms with Gasteiger partial charge in [-0.1, -0.05) is 6.42 Å². The molecule has 4 heteroatoms. The Morgan fingerprint density at radius 3 is 3.00 bits per heavy atom. The molecule has 0 saturated carbocycles. The minimum atomic E-state index is 0.189. The van der Waals surface area contributed by atoms with Crippen LogP contribution in [0.4, 0.5) is 0 Å². The Hall–Kier alpha value is -0.610. The summed E-state index contributed by atoms with van der Waals surface area (Å²) in [5.41, 5.74) is 0. The van der Waals surface area contributed by atoms with E-state index in [1.165, 1.54) is 32.2 Å². The van der Waals surface area contributed by atoms with Crippen LogP contribution in [0.5, 0.6) is 0 Å². The first-order valence-electron chi connectivity index (χ1n) is 6.57. The number of amides is 1. The van der Waals surface area contributed by atoms with Gasteiger partial charge in [0, 0.05) is 25.7 Å². The predicted molar refractivity (Wildman–Crippen MR) is 64.3 cm³/mol. The van der Waals surface area contributed by atoms with Gasteiger partial charge < -0.3 is 10.6 Å². The molecule has 0 aliphatic carbocycles. The van der Waals surface area contributed by atoms with Gasteiger partial charge in [0.05, 0.1) is 6.54 Å². The van der Waals surface area contributed by atoms with E-state index in [-0.39, 0.29) is 5.91 Å². The SMILES string of the molecule is O=C1CN(CCC2CCCCN2)CCCN1. The Labute approximate surface area is 97.8 Å². The summed E-state index contributed by atoms with van der Waals surface area (Å²) in [4.78, 5) is 13.7. The molecule has 1 unspecified atom stereocenters. The zero-order valence-corrected chi connectivity index (χ0v) is 10.0. The summed E-state index contributed by atoms with van der Waals surface area (Å²) in [7, 11) is 0. The Balaban J connectivity index is 1.69. The fraction of sp³-hybridized carbons (Fsp3) is 0.917. The maximum atomic E-state index is 11.4. The summed E-state index contributed by atoms with van der Waals surface area (Å²) in [6.07, 6.45) is 6.26. The standard InChI is InChI=1S/C12H23N3O/c16-12-10-15(8-3-7-14-12)9-5-11-4-1-2-6-13-11/h11,13H,1-10H2,(H,14,16). The van der Waals surface area contributed by atoms with Gasteiger partial charge in [-0.05, 0) is 32.2 Å². The molecule has 0 bridgehead atoms. The van der Waals surface area contributed by atoms with E-state index in [4.69, 9.17) is 0 Å². The Bertz CT molecular complexity index is 226. The number of hydrogen-bond donors (Lipinski definition) is 2. The number of piperidine rings is 1. The number of rotatable bonds is 3. The van der Waals surface area contributed by atoms with Gasteiger partial charge in [0.1, 0.15) is 0 Å². The van der Waals surface area contributed by atoms with Crippen LogP contribution in [0.1, 0.15) is 32.1 Å². The molecule has 16 heavy (non-hydrogen) atoms. The number of hydrogen-bond acceptors (Lipinski definition) is 3. The lowest BCUT2D eigenvalue weighted by Gasteiger charge is -2.26. The largest absolute Gasteiger partial charge is 0.355 e. The van der Waals surface area contributed by atoms with Crippen molar-refractivity contribution in [1.29, 1.82) is 0 Å². The molecule has 0 radical (unpaired) electrons. The smallest absolute Gasteiger partial charge is 0.234 e. The quantitative estimate of drug-likeness (QED) is 0.728. The Kier molecular flexibility index (Phi) is 4.60. The van der Waals surface area contributed by atoms with E-state index in [9.17, 15) is 4.79 Å². The van der Waals surface area contributed by atoms with Gasteiger partial charge >= 0.3 is 0 Å². The maximum Gasteiger partial charge on any atom is 0.234 e. The zero-order chi connectivity index (χ0) is 11.2. The number of carbonyl (C=O) groups is 1. The third kappa shape index (κ3) is 3.76. The highest BCUT2D eigenvalue weighted by Gasteiger charge is 2.17. The maximum absolute atomic E-state index is 11.4. The molecular formula is C12H23N3O. The number of nitrogens with zero attached hydrogens (tertiary/aromatic N) is 1. The van der Waals surface area contributed by atoms with Crippen LogP contribution in [0.15, 0.2) is 0 Å². The fourth-order valence-corrected chi connectivity index (χ4v) is 2.57. The van der Waals surface area contributed by atoms with Crippen LogP contribution in [-0.4, -0.2) is 49.6 Å². The van der Waals surface area contributed by atoms with Crippen LogP contribution in [0.25, 0.3) is 0 Å². The summed E-state index contributed by atoms with van der Waals surface area (Å²) >= 11 is 0. The van der Waals surface area contributed by atoms with Gasteiger partial charge in [0.15, 0.2) is 0 Å². The number of carbonyl (C=O) groups excluding carboxylic acids is 1. The van der Waals surface area contributed by atoms with Gasteiger partial charge in [0.2, 0.25) is 5.91 Å². The molecular weight excluding hydrogens is 202 g/mol. The van der Waals surface area contributed by atoms with Crippen molar-refractivity contribution in [1.82, 2.24) is 15.5 Å². The van der Waals surface area contributed by atoms with Crippen LogP contribution in [-0.2, 0) is 4.79 Å². The van der Waals surface area contributed by atoms with Crippen molar-refractivity contribution in [3.63, 3.8) is 0 Å². The van der Waals surface area contributed by atoms with E-state index in [2.05, 4.69) is 15.5 Å². The lowest BCUT2D eigenvalue weighted by molar-refractivity contribution is -0.121. The molecule has 4 nitrogen and oxygen atoms in total. The van der Waals surface area contributed by atoms with Crippen LogP contribution >= 0.6 is 0 Å². The summed E-state index contributed by atoms with van der Waals surface area (Å²) < 4.78 is 0. The first-order valence-corrected chi connectivity index (χ1v) is 6.57. The normalized spacial score (nSPS) is 28.5. The number of nitrogens with one attached hydrogen (secondary N) is 2. The van der Waals surface area contributed by atoms with E-state index in [0.29, 0.717) is 12.6 Å². The highest BCUT2D eigenvalue weighted by atomic mass is 16.2. The molecule has 2 aliphatic heterocycles. The topological polar surface area (TPSA) is 44.4 Å². The fourth-order valence-electron chi connectivity index (χ4n) is 2.57. The Morgan fingerprint density at radius 1 is 1.25 bits per heavy atom. The van der Waals surface area contributed by atoms with E-state index >= 15 is 0 Å². The second kappa shape index (κ2) is 6.21. The third-order valence-corrected chi connectivity index (χ3v) is 3.55. The average molecular weight is 225 g/mol. The third-order valence-electron chi connectivity index (χ3n) is 3.55. The second-order valence-corrected chi connectivity index (χ2v) is 4.92. The predicted octanol–water partition coefficient (Wildman–Crippen LogP) is 0.341. The first kappa shape index (κ1) is 11.9. The molecule has 0 aromatic heterocycles. The lowest BCUT2D eigenvalue weighted by atomic mass is 10.0. The second-order valence-electron chi connectivity index (χ2n) is 4.92. The van der Waals surface area contributed by atoms with E-state index in [1.807, 2.05) is 0 Å². The Morgan fingerprint density at radius 2 is 2.19 bits per heavy atom. The lowest BCUT2D eigenvalue weighted by Crippen LogP contribution is -2.39. The van der Waals surface area contributed by atoms with Crippen molar-refractivity contribution >= 4 is 5.91 Å². The van der Waals surface area contributed by atoms with Gasteiger partial charge in [-0.3, -0.25) is 9.69 Å². The molecule has 0 aromatic rings. The minimum Gasteiger partial charge on any atom is -0.355 e. The molecule has 0 aromatic carbocycles. The molecule has 2 saturated heterocycles. The van der Waals surface area contributed by atoms with Gasteiger partial charge in [-0.25, -0.2) is 0 Å². The summed E-state index contributed by atoms with van der Waals surface area (Å²) in [5.74, 6) is 0.189. The van der Waals surface area contributed by atoms with Crippen LogP contribution in [0, 0.1) is 0 Å². The van der Waals surface area contributed by atoms with Crippen LogP contribution < -0.4 is 10.6 Å².